The standard InChI is InChI=1S/C21H23N3O3/c25-20(24-12-15-3-2-8-22-11-15)14-27-19-5-1-4-18-21(19)17(13-23-18)16-6-9-26-10-7-16/h1-5,8,11,13,16,23H,6-7,9-10,12,14H2,(H,24,25). The van der Waals surface area contributed by atoms with Crippen LogP contribution in [0.2, 0.25) is 0 Å². The van der Waals surface area contributed by atoms with Crippen molar-refractivity contribution in [3.05, 3.63) is 60.0 Å². The van der Waals surface area contributed by atoms with E-state index in [1.165, 1.54) is 5.56 Å². The maximum absolute atomic E-state index is 12.2. The zero-order valence-electron chi connectivity index (χ0n) is 15.1. The van der Waals surface area contributed by atoms with E-state index in [4.69, 9.17) is 9.47 Å². The minimum atomic E-state index is -0.154. The smallest absolute Gasteiger partial charge is 0.258 e. The molecule has 1 aliphatic heterocycles. The Balaban J connectivity index is 1.43. The number of fused-ring (bicyclic) bond motifs is 1. The van der Waals surface area contributed by atoms with Crippen molar-refractivity contribution >= 4 is 16.8 Å². The van der Waals surface area contributed by atoms with Gasteiger partial charge >= 0.3 is 0 Å². The van der Waals surface area contributed by atoms with Gasteiger partial charge in [0, 0.05) is 49.3 Å². The number of nitrogens with one attached hydrogen (secondary N) is 2. The molecule has 3 aromatic rings. The molecule has 0 spiro atoms. The van der Waals surface area contributed by atoms with Crippen LogP contribution in [0.1, 0.15) is 29.9 Å². The highest BCUT2D eigenvalue weighted by molar-refractivity contribution is 5.90. The molecule has 2 aromatic heterocycles. The highest BCUT2D eigenvalue weighted by Gasteiger charge is 2.21. The van der Waals surface area contributed by atoms with E-state index in [1.807, 2.05) is 30.3 Å². The molecular formula is C21H23N3O3. The number of hydrogen-bond acceptors (Lipinski definition) is 4. The molecule has 2 N–H and O–H groups in total. The molecule has 0 aliphatic carbocycles. The monoisotopic (exact) mass is 365 g/mol. The molecule has 1 amide bonds. The second-order valence-corrected chi connectivity index (χ2v) is 6.74. The van der Waals surface area contributed by atoms with Gasteiger partial charge in [0.1, 0.15) is 5.75 Å². The van der Waals surface area contributed by atoms with Gasteiger partial charge in [0.25, 0.3) is 5.91 Å². The molecule has 1 aromatic carbocycles. The van der Waals surface area contributed by atoms with Crippen molar-refractivity contribution in [2.75, 3.05) is 19.8 Å². The second kappa shape index (κ2) is 8.22. The quantitative estimate of drug-likeness (QED) is 0.704. The van der Waals surface area contributed by atoms with Crippen molar-refractivity contribution < 1.29 is 14.3 Å². The Kier molecular flexibility index (Phi) is 5.34. The molecule has 0 bridgehead atoms. The van der Waals surface area contributed by atoms with Crippen molar-refractivity contribution in [3.8, 4) is 5.75 Å². The minimum absolute atomic E-state index is 0.0161. The summed E-state index contributed by atoms with van der Waals surface area (Å²) in [5.41, 5.74) is 3.24. The number of aromatic amines is 1. The van der Waals surface area contributed by atoms with E-state index in [0.717, 1.165) is 48.3 Å². The van der Waals surface area contributed by atoms with Crippen molar-refractivity contribution in [1.29, 1.82) is 0 Å². The number of benzene rings is 1. The first-order valence-corrected chi connectivity index (χ1v) is 9.27. The Labute approximate surface area is 157 Å². The number of pyridine rings is 1. The first-order chi connectivity index (χ1) is 13.3. The molecule has 6 heteroatoms. The van der Waals surface area contributed by atoms with E-state index < -0.39 is 0 Å². The summed E-state index contributed by atoms with van der Waals surface area (Å²) in [6.07, 6.45) is 7.53. The lowest BCUT2D eigenvalue weighted by atomic mass is 9.91. The summed E-state index contributed by atoms with van der Waals surface area (Å²) in [6, 6.07) is 9.67. The van der Waals surface area contributed by atoms with Crippen LogP contribution in [-0.4, -0.2) is 35.7 Å². The largest absolute Gasteiger partial charge is 0.483 e. The molecular weight excluding hydrogens is 342 g/mol. The van der Waals surface area contributed by atoms with E-state index in [1.54, 1.807) is 12.4 Å². The van der Waals surface area contributed by atoms with E-state index in [9.17, 15) is 4.79 Å². The Bertz CT molecular complexity index is 901. The molecule has 0 unspecified atom stereocenters. The van der Waals surface area contributed by atoms with Crippen molar-refractivity contribution in [2.45, 2.75) is 25.3 Å². The first-order valence-electron chi connectivity index (χ1n) is 9.27. The first kappa shape index (κ1) is 17.5. The van der Waals surface area contributed by atoms with Crippen molar-refractivity contribution in [1.82, 2.24) is 15.3 Å². The van der Waals surface area contributed by atoms with Gasteiger partial charge < -0.3 is 19.8 Å². The normalized spacial score (nSPS) is 15.0. The van der Waals surface area contributed by atoms with E-state index >= 15 is 0 Å². The van der Waals surface area contributed by atoms with Gasteiger partial charge in [0.15, 0.2) is 6.61 Å². The molecule has 0 radical (unpaired) electrons. The van der Waals surface area contributed by atoms with Gasteiger partial charge in [-0.05, 0) is 48.1 Å². The van der Waals surface area contributed by atoms with Gasteiger partial charge in [-0.2, -0.15) is 0 Å². The molecule has 27 heavy (non-hydrogen) atoms. The van der Waals surface area contributed by atoms with Gasteiger partial charge in [-0.3, -0.25) is 9.78 Å². The van der Waals surface area contributed by atoms with Crippen LogP contribution < -0.4 is 10.1 Å². The predicted octanol–water partition coefficient (Wildman–Crippen LogP) is 3.15. The number of carbonyl (C=O) groups is 1. The number of nitrogens with zero attached hydrogens (tertiary/aromatic N) is 1. The van der Waals surface area contributed by atoms with Crippen LogP contribution in [0, 0.1) is 0 Å². The highest BCUT2D eigenvalue weighted by Crippen LogP contribution is 2.37. The zero-order valence-corrected chi connectivity index (χ0v) is 15.1. The lowest BCUT2D eigenvalue weighted by Crippen LogP contribution is -2.28. The van der Waals surface area contributed by atoms with Crippen LogP contribution in [0.4, 0.5) is 0 Å². The molecule has 1 fully saturated rings. The summed E-state index contributed by atoms with van der Waals surface area (Å²) in [5, 5.41) is 3.93. The maximum atomic E-state index is 12.2. The zero-order chi connectivity index (χ0) is 18.5. The number of amides is 1. The SMILES string of the molecule is O=C(COc1cccc2[nH]cc(C3CCOCC3)c12)NCc1cccnc1. The molecule has 4 rings (SSSR count). The maximum Gasteiger partial charge on any atom is 0.258 e. The molecule has 1 saturated heterocycles. The van der Waals surface area contributed by atoms with Crippen LogP contribution in [0.25, 0.3) is 10.9 Å². The van der Waals surface area contributed by atoms with Crippen molar-refractivity contribution in [3.63, 3.8) is 0 Å². The fourth-order valence-electron chi connectivity index (χ4n) is 3.53. The Morgan fingerprint density at radius 3 is 2.96 bits per heavy atom. The van der Waals surface area contributed by atoms with E-state index in [0.29, 0.717) is 12.5 Å². The van der Waals surface area contributed by atoms with Gasteiger partial charge in [-0.25, -0.2) is 0 Å². The molecule has 6 nitrogen and oxygen atoms in total. The molecule has 0 saturated carbocycles. The topological polar surface area (TPSA) is 76.2 Å². The Morgan fingerprint density at radius 2 is 2.15 bits per heavy atom. The highest BCUT2D eigenvalue weighted by atomic mass is 16.5. The van der Waals surface area contributed by atoms with E-state index in [-0.39, 0.29) is 12.5 Å². The third-order valence-electron chi connectivity index (χ3n) is 4.93. The lowest BCUT2D eigenvalue weighted by Gasteiger charge is -2.22. The number of rotatable bonds is 6. The van der Waals surface area contributed by atoms with Crippen LogP contribution in [0.5, 0.6) is 5.75 Å². The summed E-state index contributed by atoms with van der Waals surface area (Å²) < 4.78 is 11.4. The fourth-order valence-corrected chi connectivity index (χ4v) is 3.53. The number of H-pyrrole nitrogens is 1. The number of carbonyl (C=O) groups excluding carboxylic acids is 1. The summed E-state index contributed by atoms with van der Waals surface area (Å²) in [5.74, 6) is 1.04. The van der Waals surface area contributed by atoms with Gasteiger partial charge in [0.2, 0.25) is 0 Å². The molecule has 3 heterocycles. The predicted molar refractivity (Wildman–Crippen MR) is 103 cm³/mol. The van der Waals surface area contributed by atoms with Crippen LogP contribution >= 0.6 is 0 Å². The third-order valence-corrected chi connectivity index (χ3v) is 4.93. The number of aromatic nitrogens is 2. The summed E-state index contributed by atoms with van der Waals surface area (Å²) in [7, 11) is 0. The van der Waals surface area contributed by atoms with Gasteiger partial charge in [0.05, 0.1) is 0 Å². The molecule has 1 aliphatic rings. The number of ether oxygens (including phenoxy) is 2. The number of hydrogen-bond donors (Lipinski definition) is 2. The minimum Gasteiger partial charge on any atom is -0.483 e. The lowest BCUT2D eigenvalue weighted by molar-refractivity contribution is -0.123. The molecule has 0 atom stereocenters. The average molecular weight is 365 g/mol. The van der Waals surface area contributed by atoms with E-state index in [2.05, 4.69) is 21.5 Å². The van der Waals surface area contributed by atoms with Crippen molar-refractivity contribution in [2.24, 2.45) is 0 Å². The summed E-state index contributed by atoms with van der Waals surface area (Å²) in [6.45, 7) is 2.00. The fraction of sp³-hybridized carbons (Fsp3) is 0.333. The van der Waals surface area contributed by atoms with Crippen LogP contribution in [-0.2, 0) is 16.1 Å². The van der Waals surface area contributed by atoms with Gasteiger partial charge in [-0.15, -0.1) is 0 Å². The Morgan fingerprint density at radius 1 is 1.26 bits per heavy atom. The van der Waals surface area contributed by atoms with Crippen LogP contribution in [0.3, 0.4) is 0 Å². The average Bonchev–Trinajstić information content (AvgIpc) is 3.17. The van der Waals surface area contributed by atoms with Gasteiger partial charge in [-0.1, -0.05) is 12.1 Å². The summed E-state index contributed by atoms with van der Waals surface area (Å²) >= 11 is 0. The summed E-state index contributed by atoms with van der Waals surface area (Å²) in [4.78, 5) is 19.5. The Hall–Kier alpha value is -2.86. The second-order valence-electron chi connectivity index (χ2n) is 6.74. The molecule has 140 valence electrons. The van der Waals surface area contributed by atoms with Crippen LogP contribution in [0.15, 0.2) is 48.9 Å². The third kappa shape index (κ3) is 4.11.